The van der Waals surface area contributed by atoms with Crippen LogP contribution >= 0.6 is 11.8 Å². The summed E-state index contributed by atoms with van der Waals surface area (Å²) in [6.45, 7) is 3.45. The van der Waals surface area contributed by atoms with Crippen molar-refractivity contribution in [2.24, 2.45) is 0 Å². The van der Waals surface area contributed by atoms with Gasteiger partial charge in [0.25, 0.3) is 0 Å². The summed E-state index contributed by atoms with van der Waals surface area (Å²) in [7, 11) is 0. The molecule has 0 radical (unpaired) electrons. The Balaban J connectivity index is 1.37. The van der Waals surface area contributed by atoms with Crippen LogP contribution in [0.5, 0.6) is 17.2 Å². The molecule has 0 fully saturated rings. The zero-order valence-corrected chi connectivity index (χ0v) is 21.0. The van der Waals surface area contributed by atoms with E-state index >= 15 is 0 Å². The molecule has 0 atom stereocenters. The van der Waals surface area contributed by atoms with Crippen molar-refractivity contribution >= 4 is 28.4 Å². The van der Waals surface area contributed by atoms with Crippen molar-refractivity contribution in [3.05, 3.63) is 78.5 Å². The second-order valence-electron chi connectivity index (χ2n) is 8.36. The Hall–Kier alpha value is -4.24. The number of nitrogens with one attached hydrogen (secondary N) is 1. The molecular formula is C28H24N4O4S. The van der Waals surface area contributed by atoms with Crippen molar-refractivity contribution in [1.29, 1.82) is 0 Å². The van der Waals surface area contributed by atoms with Crippen LogP contribution < -0.4 is 14.2 Å². The van der Waals surface area contributed by atoms with Gasteiger partial charge < -0.3 is 19.2 Å². The third-order valence-electron chi connectivity index (χ3n) is 6.07. The van der Waals surface area contributed by atoms with E-state index in [1.165, 1.54) is 11.8 Å². The van der Waals surface area contributed by atoms with E-state index in [9.17, 15) is 4.79 Å². The first kappa shape index (κ1) is 23.2. The van der Waals surface area contributed by atoms with E-state index in [2.05, 4.69) is 15.2 Å². The lowest BCUT2D eigenvalue weighted by Gasteiger charge is -2.18. The summed E-state index contributed by atoms with van der Waals surface area (Å²) in [4.78, 5) is 16.4. The number of para-hydroxylation sites is 3. The Morgan fingerprint density at radius 3 is 2.73 bits per heavy atom. The maximum Gasteiger partial charge on any atom is 0.196 e. The van der Waals surface area contributed by atoms with Crippen molar-refractivity contribution in [3.63, 3.8) is 0 Å². The van der Waals surface area contributed by atoms with Gasteiger partial charge in [0.2, 0.25) is 0 Å². The van der Waals surface area contributed by atoms with Gasteiger partial charge >= 0.3 is 0 Å². The van der Waals surface area contributed by atoms with Crippen LogP contribution in [0.2, 0.25) is 0 Å². The van der Waals surface area contributed by atoms with Crippen LogP contribution in [0.4, 0.5) is 0 Å². The molecule has 0 unspecified atom stereocenters. The fourth-order valence-corrected chi connectivity index (χ4v) is 5.20. The van der Waals surface area contributed by atoms with Crippen molar-refractivity contribution in [2.45, 2.75) is 12.1 Å². The number of ether oxygens (including phenoxy) is 3. The first-order chi connectivity index (χ1) is 18.2. The van der Waals surface area contributed by atoms with E-state index < -0.39 is 0 Å². The molecule has 2 aromatic heterocycles. The minimum absolute atomic E-state index is 0.0386. The molecule has 0 bridgehead atoms. The topological polar surface area (TPSA) is 91.3 Å². The van der Waals surface area contributed by atoms with Crippen LogP contribution in [0.1, 0.15) is 17.3 Å². The molecule has 0 amide bonds. The minimum Gasteiger partial charge on any atom is -0.492 e. The van der Waals surface area contributed by atoms with E-state index in [4.69, 9.17) is 14.2 Å². The normalized spacial score (nSPS) is 12.6. The second kappa shape index (κ2) is 10.0. The Labute approximate surface area is 217 Å². The lowest BCUT2D eigenvalue weighted by atomic mass is 10.1. The molecule has 186 valence electrons. The second-order valence-corrected chi connectivity index (χ2v) is 9.30. The number of aromatic amines is 1. The van der Waals surface area contributed by atoms with Crippen molar-refractivity contribution in [2.75, 3.05) is 25.6 Å². The quantitative estimate of drug-likeness (QED) is 0.215. The Kier molecular flexibility index (Phi) is 6.28. The molecule has 3 heterocycles. The van der Waals surface area contributed by atoms with Gasteiger partial charge in [-0.2, -0.15) is 0 Å². The molecule has 1 aliphatic rings. The van der Waals surface area contributed by atoms with Gasteiger partial charge in [0.15, 0.2) is 28.3 Å². The van der Waals surface area contributed by atoms with E-state index in [0.717, 1.165) is 22.2 Å². The first-order valence-corrected chi connectivity index (χ1v) is 13.0. The van der Waals surface area contributed by atoms with Gasteiger partial charge in [-0.3, -0.25) is 9.36 Å². The highest BCUT2D eigenvalue weighted by Gasteiger charge is 2.22. The highest BCUT2D eigenvalue weighted by Crippen LogP contribution is 2.36. The number of Topliss-reactive ketones (excluding diaryl/α,β-unsaturated/α-hetero) is 1. The van der Waals surface area contributed by atoms with Crippen molar-refractivity contribution < 1.29 is 19.0 Å². The molecule has 5 aromatic rings. The molecule has 0 aliphatic carbocycles. The average molecular weight is 513 g/mol. The number of hydrogen-bond donors (Lipinski definition) is 1. The molecule has 0 saturated carbocycles. The summed E-state index contributed by atoms with van der Waals surface area (Å²) in [6, 6.07) is 21.1. The van der Waals surface area contributed by atoms with Gasteiger partial charge in [-0.25, -0.2) is 0 Å². The van der Waals surface area contributed by atoms with Crippen LogP contribution in [-0.2, 0) is 0 Å². The van der Waals surface area contributed by atoms with Crippen LogP contribution in [0, 0.1) is 0 Å². The summed E-state index contributed by atoms with van der Waals surface area (Å²) < 4.78 is 19.1. The standard InChI is InChI=1S/C28H24N4O4S/c1-2-34-24-10-6-5-9-22(24)32-27(20-16-29-21-8-4-3-7-19(20)21)30-31-28(32)37-17-23(33)18-11-12-25-26(15-18)36-14-13-35-25/h3-12,15-16,29H,2,13-14,17H2,1H3. The zero-order chi connectivity index (χ0) is 25.2. The smallest absolute Gasteiger partial charge is 0.196 e. The van der Waals surface area contributed by atoms with Crippen LogP contribution in [0.3, 0.4) is 0 Å². The van der Waals surface area contributed by atoms with E-state index in [1.807, 2.05) is 66.2 Å². The lowest BCUT2D eigenvalue weighted by molar-refractivity contribution is 0.102. The molecular weight excluding hydrogens is 488 g/mol. The minimum atomic E-state index is -0.0386. The summed E-state index contributed by atoms with van der Waals surface area (Å²) in [5, 5.41) is 10.7. The Bertz CT molecular complexity index is 1590. The summed E-state index contributed by atoms with van der Waals surface area (Å²) in [6.07, 6.45) is 1.93. The lowest BCUT2D eigenvalue weighted by Crippen LogP contribution is -2.16. The Morgan fingerprint density at radius 1 is 1.03 bits per heavy atom. The number of carbonyl (C=O) groups excluding carboxylic acids is 1. The maximum atomic E-state index is 13.1. The summed E-state index contributed by atoms with van der Waals surface area (Å²) in [5.41, 5.74) is 3.30. The average Bonchev–Trinajstić information content (AvgIpc) is 3.56. The number of hydrogen-bond acceptors (Lipinski definition) is 7. The predicted octanol–water partition coefficient (Wildman–Crippen LogP) is 5.56. The molecule has 0 spiro atoms. The monoisotopic (exact) mass is 512 g/mol. The largest absolute Gasteiger partial charge is 0.492 e. The van der Waals surface area contributed by atoms with Gasteiger partial charge in [-0.15, -0.1) is 10.2 Å². The van der Waals surface area contributed by atoms with Crippen LogP contribution in [0.15, 0.2) is 78.1 Å². The molecule has 1 aliphatic heterocycles. The number of aromatic nitrogens is 4. The maximum absolute atomic E-state index is 13.1. The SMILES string of the molecule is CCOc1ccccc1-n1c(SCC(=O)c2ccc3c(c2)OCCO3)nnc1-c1c[nH]c2ccccc12. The van der Waals surface area contributed by atoms with Crippen LogP contribution in [-0.4, -0.2) is 51.1 Å². The summed E-state index contributed by atoms with van der Waals surface area (Å²) in [5.74, 6) is 2.78. The number of rotatable bonds is 8. The van der Waals surface area contributed by atoms with E-state index in [-0.39, 0.29) is 11.5 Å². The third-order valence-corrected chi connectivity index (χ3v) is 6.99. The van der Waals surface area contributed by atoms with Gasteiger partial charge in [0.05, 0.1) is 18.0 Å². The number of ketones is 1. The van der Waals surface area contributed by atoms with E-state index in [1.54, 1.807) is 18.2 Å². The Morgan fingerprint density at radius 2 is 1.84 bits per heavy atom. The first-order valence-electron chi connectivity index (χ1n) is 12.0. The number of thioether (sulfide) groups is 1. The van der Waals surface area contributed by atoms with Crippen LogP contribution in [0.25, 0.3) is 28.0 Å². The number of H-pyrrole nitrogens is 1. The van der Waals surface area contributed by atoms with Crippen molar-refractivity contribution in [3.8, 4) is 34.3 Å². The third kappa shape index (κ3) is 4.42. The fourth-order valence-electron chi connectivity index (χ4n) is 4.36. The highest BCUT2D eigenvalue weighted by atomic mass is 32.2. The number of carbonyl (C=O) groups is 1. The van der Waals surface area contributed by atoms with Crippen molar-refractivity contribution in [1.82, 2.24) is 19.7 Å². The predicted molar refractivity (Wildman–Crippen MR) is 142 cm³/mol. The molecule has 8 nitrogen and oxygen atoms in total. The molecule has 1 N–H and O–H groups in total. The van der Waals surface area contributed by atoms with Gasteiger partial charge in [-0.05, 0) is 43.3 Å². The number of nitrogens with zero attached hydrogens (tertiary/aromatic N) is 3. The molecule has 9 heteroatoms. The zero-order valence-electron chi connectivity index (χ0n) is 20.1. The fraction of sp³-hybridized carbons (Fsp3) is 0.179. The van der Waals surface area contributed by atoms with Gasteiger partial charge in [-0.1, -0.05) is 42.1 Å². The summed E-state index contributed by atoms with van der Waals surface area (Å²) >= 11 is 1.33. The van der Waals surface area contributed by atoms with Gasteiger partial charge in [0.1, 0.15) is 19.0 Å². The number of fused-ring (bicyclic) bond motifs is 2. The van der Waals surface area contributed by atoms with Gasteiger partial charge in [0, 0.05) is 28.2 Å². The molecule has 3 aromatic carbocycles. The number of benzene rings is 3. The molecule has 6 rings (SSSR count). The molecule has 0 saturated heterocycles. The highest BCUT2D eigenvalue weighted by molar-refractivity contribution is 7.99. The molecule has 37 heavy (non-hydrogen) atoms. The van der Waals surface area contributed by atoms with E-state index in [0.29, 0.717) is 53.6 Å².